The largest absolute Gasteiger partial charge is 0.300 e. The van der Waals surface area contributed by atoms with Gasteiger partial charge in [-0.05, 0) is 24.6 Å². The summed E-state index contributed by atoms with van der Waals surface area (Å²) in [6.45, 7) is 1.88. The average molecular weight is 171 g/mol. The third kappa shape index (κ3) is 7.41. The van der Waals surface area contributed by atoms with Crippen LogP contribution in [0.15, 0.2) is 0 Å². The predicted molar refractivity (Wildman–Crippen MR) is 47.2 cm³/mol. The molecule has 0 heterocycles. The Morgan fingerprint density at radius 1 is 1.55 bits per heavy atom. The van der Waals surface area contributed by atoms with Gasteiger partial charge in [0.05, 0.1) is 0 Å². The Labute approximate surface area is 72.0 Å². The summed E-state index contributed by atoms with van der Waals surface area (Å²) >= 11 is 1.26. The van der Waals surface area contributed by atoms with E-state index in [-0.39, 0.29) is 0 Å². The summed E-state index contributed by atoms with van der Waals surface area (Å²) in [6, 6.07) is 0. The van der Waals surface area contributed by atoms with Gasteiger partial charge in [0, 0.05) is 18.6 Å². The van der Waals surface area contributed by atoms with Gasteiger partial charge in [-0.3, -0.25) is 4.79 Å². The van der Waals surface area contributed by atoms with Crippen LogP contribution in [0.25, 0.3) is 0 Å². The van der Waals surface area contributed by atoms with Crippen molar-refractivity contribution in [1.29, 1.82) is 5.26 Å². The number of hydrogen-bond donors (Lipinski definition) is 0. The van der Waals surface area contributed by atoms with Crippen LogP contribution in [0, 0.1) is 10.7 Å². The monoisotopic (exact) mass is 171 g/mol. The minimum Gasteiger partial charge on any atom is -0.300 e. The van der Waals surface area contributed by atoms with Gasteiger partial charge in [-0.1, -0.05) is 6.92 Å². The molecule has 0 aliphatic rings. The van der Waals surface area contributed by atoms with E-state index in [0.29, 0.717) is 18.6 Å². The second-order valence-electron chi connectivity index (χ2n) is 2.29. The first-order chi connectivity index (χ1) is 5.31. The minimum absolute atomic E-state index is 0.326. The molecule has 0 atom stereocenters. The summed E-state index contributed by atoms with van der Waals surface area (Å²) in [4.78, 5) is 10.8. The first-order valence-electron chi connectivity index (χ1n) is 3.83. The molecule has 0 radical (unpaired) electrons. The summed E-state index contributed by atoms with van der Waals surface area (Å²) < 4.78 is 0. The third-order valence-corrected chi connectivity index (χ3v) is 2.03. The highest BCUT2D eigenvalue weighted by atomic mass is 32.2. The first kappa shape index (κ1) is 10.5. The lowest BCUT2D eigenvalue weighted by Crippen LogP contribution is -1.94. The maximum absolute atomic E-state index is 10.8. The molecule has 0 unspecified atom stereocenters. The lowest BCUT2D eigenvalue weighted by molar-refractivity contribution is -0.118. The highest BCUT2D eigenvalue weighted by molar-refractivity contribution is 8.03. The number of thioether (sulfide) groups is 1. The second kappa shape index (κ2) is 7.62. The number of carbonyl (C=O) groups excluding carboxylic acids is 1. The van der Waals surface area contributed by atoms with Crippen molar-refractivity contribution in [2.75, 3.05) is 5.75 Å². The number of rotatable bonds is 6. The number of nitriles is 1. The maximum atomic E-state index is 10.8. The number of carbonyl (C=O) groups is 1. The number of nitrogens with zero attached hydrogens (tertiary/aromatic N) is 1. The summed E-state index contributed by atoms with van der Waals surface area (Å²) in [5, 5.41) is 10.2. The van der Waals surface area contributed by atoms with E-state index in [4.69, 9.17) is 5.26 Å². The van der Waals surface area contributed by atoms with Gasteiger partial charge in [0.1, 0.15) is 11.2 Å². The van der Waals surface area contributed by atoms with Crippen LogP contribution in [-0.4, -0.2) is 11.5 Å². The van der Waals surface area contributed by atoms with Crippen LogP contribution in [0.1, 0.15) is 32.6 Å². The van der Waals surface area contributed by atoms with E-state index in [1.807, 2.05) is 12.3 Å². The van der Waals surface area contributed by atoms with Gasteiger partial charge >= 0.3 is 0 Å². The van der Waals surface area contributed by atoms with Crippen molar-refractivity contribution in [3.63, 3.8) is 0 Å². The van der Waals surface area contributed by atoms with Crippen molar-refractivity contribution in [3.8, 4) is 5.40 Å². The van der Waals surface area contributed by atoms with E-state index in [1.54, 1.807) is 0 Å². The Kier molecular flexibility index (Phi) is 7.28. The zero-order valence-electron chi connectivity index (χ0n) is 6.80. The number of hydrogen-bond acceptors (Lipinski definition) is 3. The molecule has 3 heteroatoms. The SMILES string of the molecule is CCC(=O)CCCCSC#N. The number of Topliss-reactive ketones (excluding diaryl/α,β-unsaturated/α-hetero) is 1. The fraction of sp³-hybridized carbons (Fsp3) is 0.750. The van der Waals surface area contributed by atoms with Crippen molar-refractivity contribution in [1.82, 2.24) is 0 Å². The van der Waals surface area contributed by atoms with Crippen LogP contribution in [0.5, 0.6) is 0 Å². The summed E-state index contributed by atoms with van der Waals surface area (Å²) in [7, 11) is 0. The molecule has 0 spiro atoms. The van der Waals surface area contributed by atoms with Gasteiger partial charge in [0.2, 0.25) is 0 Å². The van der Waals surface area contributed by atoms with Crippen molar-refractivity contribution >= 4 is 17.5 Å². The van der Waals surface area contributed by atoms with Crippen LogP contribution in [0.2, 0.25) is 0 Å². The van der Waals surface area contributed by atoms with E-state index in [2.05, 4.69) is 0 Å². The molecule has 0 bridgehead atoms. The number of ketones is 1. The highest BCUT2D eigenvalue weighted by Crippen LogP contribution is 2.05. The Morgan fingerprint density at radius 2 is 2.27 bits per heavy atom. The van der Waals surface area contributed by atoms with Gasteiger partial charge in [0.25, 0.3) is 0 Å². The highest BCUT2D eigenvalue weighted by Gasteiger charge is 1.96. The fourth-order valence-corrected chi connectivity index (χ4v) is 1.16. The van der Waals surface area contributed by atoms with Crippen molar-refractivity contribution < 1.29 is 4.79 Å². The van der Waals surface area contributed by atoms with Crippen molar-refractivity contribution in [3.05, 3.63) is 0 Å². The maximum Gasteiger partial charge on any atom is 0.133 e. The molecular formula is C8H13NOS. The topological polar surface area (TPSA) is 40.9 Å². The molecular weight excluding hydrogens is 158 g/mol. The van der Waals surface area contributed by atoms with Gasteiger partial charge in [-0.15, -0.1) is 0 Å². The molecule has 2 nitrogen and oxygen atoms in total. The van der Waals surface area contributed by atoms with E-state index < -0.39 is 0 Å². The molecule has 0 aliphatic heterocycles. The molecule has 0 amide bonds. The average Bonchev–Trinajstić information content (AvgIpc) is 2.04. The molecule has 11 heavy (non-hydrogen) atoms. The van der Waals surface area contributed by atoms with Crippen LogP contribution in [0.3, 0.4) is 0 Å². The van der Waals surface area contributed by atoms with Crippen LogP contribution < -0.4 is 0 Å². The van der Waals surface area contributed by atoms with Crippen molar-refractivity contribution in [2.24, 2.45) is 0 Å². The molecule has 0 aromatic carbocycles. The predicted octanol–water partition coefficient (Wildman–Crippen LogP) is 2.35. The fourth-order valence-electron chi connectivity index (χ4n) is 0.719. The molecule has 0 N–H and O–H groups in total. The lowest BCUT2D eigenvalue weighted by Gasteiger charge is -1.95. The lowest BCUT2D eigenvalue weighted by atomic mass is 10.1. The first-order valence-corrected chi connectivity index (χ1v) is 4.82. The van der Waals surface area contributed by atoms with E-state index >= 15 is 0 Å². The Morgan fingerprint density at radius 3 is 2.82 bits per heavy atom. The van der Waals surface area contributed by atoms with Crippen molar-refractivity contribution in [2.45, 2.75) is 32.6 Å². The van der Waals surface area contributed by atoms with Gasteiger partial charge in [0.15, 0.2) is 0 Å². The molecule has 0 rings (SSSR count). The number of thiocyanates is 1. The Hall–Kier alpha value is -0.490. The van der Waals surface area contributed by atoms with Crippen LogP contribution in [0.4, 0.5) is 0 Å². The second-order valence-corrected chi connectivity index (χ2v) is 3.17. The van der Waals surface area contributed by atoms with E-state index in [1.165, 1.54) is 11.8 Å². The Bertz CT molecular complexity index is 151. The van der Waals surface area contributed by atoms with Gasteiger partial charge in [-0.25, -0.2) is 0 Å². The zero-order chi connectivity index (χ0) is 8.53. The smallest absolute Gasteiger partial charge is 0.133 e. The minimum atomic E-state index is 0.326. The van der Waals surface area contributed by atoms with Gasteiger partial charge in [-0.2, -0.15) is 5.26 Å². The third-order valence-electron chi connectivity index (χ3n) is 1.41. The number of unbranched alkanes of at least 4 members (excludes halogenated alkanes) is 1. The molecule has 0 fully saturated rings. The van der Waals surface area contributed by atoms with Crippen LogP contribution >= 0.6 is 11.8 Å². The summed E-state index contributed by atoms with van der Waals surface area (Å²) in [5.41, 5.74) is 0. The Balaban J connectivity index is 3.03. The van der Waals surface area contributed by atoms with E-state index in [0.717, 1.165) is 18.6 Å². The van der Waals surface area contributed by atoms with Crippen LogP contribution in [-0.2, 0) is 4.79 Å². The normalized spacial score (nSPS) is 9.09. The van der Waals surface area contributed by atoms with Gasteiger partial charge < -0.3 is 0 Å². The molecule has 0 aromatic heterocycles. The standard InChI is InChI=1S/C8H13NOS/c1-2-8(10)5-3-4-6-11-7-9/h2-6H2,1H3. The zero-order valence-corrected chi connectivity index (χ0v) is 7.62. The molecule has 0 saturated carbocycles. The molecule has 0 saturated heterocycles. The van der Waals surface area contributed by atoms with E-state index in [9.17, 15) is 4.79 Å². The summed E-state index contributed by atoms with van der Waals surface area (Å²) in [5.74, 6) is 1.18. The summed E-state index contributed by atoms with van der Waals surface area (Å²) in [6.07, 6.45) is 3.24. The molecule has 62 valence electrons. The molecule has 0 aliphatic carbocycles. The molecule has 0 aromatic rings. The quantitative estimate of drug-likeness (QED) is 0.455.